The molecule has 1 aliphatic carbocycles. The van der Waals surface area contributed by atoms with Gasteiger partial charge in [0.1, 0.15) is 0 Å². The van der Waals surface area contributed by atoms with Gasteiger partial charge >= 0.3 is 0 Å². The third-order valence-corrected chi connectivity index (χ3v) is 3.36. The van der Waals surface area contributed by atoms with Crippen LogP contribution in [-0.4, -0.2) is 6.04 Å². The molecule has 82 valence electrons. The highest BCUT2D eigenvalue weighted by atomic mass is 35.5. The van der Waals surface area contributed by atoms with Crippen LogP contribution in [0.5, 0.6) is 0 Å². The van der Waals surface area contributed by atoms with Gasteiger partial charge < -0.3 is 5.32 Å². The van der Waals surface area contributed by atoms with E-state index in [-0.39, 0.29) is 0 Å². The van der Waals surface area contributed by atoms with Crippen LogP contribution >= 0.6 is 11.6 Å². The van der Waals surface area contributed by atoms with E-state index in [4.69, 9.17) is 11.6 Å². The number of hydrogen-bond donors (Lipinski definition) is 1. The third kappa shape index (κ3) is 3.22. The predicted molar refractivity (Wildman–Crippen MR) is 65.1 cm³/mol. The lowest BCUT2D eigenvalue weighted by molar-refractivity contribution is 0.449. The van der Waals surface area contributed by atoms with E-state index in [9.17, 15) is 0 Å². The molecule has 1 atom stereocenters. The molecule has 1 saturated carbocycles. The van der Waals surface area contributed by atoms with Crippen molar-refractivity contribution in [3.63, 3.8) is 0 Å². The Hall–Kier alpha value is -0.530. The fraction of sp³-hybridized carbons (Fsp3) is 0.538. The SMILES string of the molecule is CCC(NCc1ccc(Cl)cc1)C1CC1. The molecular weight excluding hydrogens is 206 g/mol. The third-order valence-electron chi connectivity index (χ3n) is 3.11. The summed E-state index contributed by atoms with van der Waals surface area (Å²) in [6, 6.07) is 8.80. The molecule has 0 heterocycles. The van der Waals surface area contributed by atoms with Crippen LogP contribution in [0, 0.1) is 5.92 Å². The van der Waals surface area contributed by atoms with Gasteiger partial charge in [-0.1, -0.05) is 30.7 Å². The van der Waals surface area contributed by atoms with Crippen molar-refractivity contribution >= 4 is 11.6 Å². The maximum absolute atomic E-state index is 5.84. The molecule has 1 fully saturated rings. The van der Waals surface area contributed by atoms with Crippen molar-refractivity contribution in [2.75, 3.05) is 0 Å². The highest BCUT2D eigenvalue weighted by Crippen LogP contribution is 2.33. The highest BCUT2D eigenvalue weighted by Gasteiger charge is 2.29. The molecule has 0 spiro atoms. The van der Waals surface area contributed by atoms with Crippen molar-refractivity contribution in [1.82, 2.24) is 5.32 Å². The van der Waals surface area contributed by atoms with E-state index in [1.807, 2.05) is 12.1 Å². The molecule has 0 saturated heterocycles. The Morgan fingerprint density at radius 3 is 2.53 bits per heavy atom. The summed E-state index contributed by atoms with van der Waals surface area (Å²) in [4.78, 5) is 0. The molecule has 2 rings (SSSR count). The summed E-state index contributed by atoms with van der Waals surface area (Å²) < 4.78 is 0. The van der Waals surface area contributed by atoms with E-state index in [0.717, 1.165) is 17.5 Å². The van der Waals surface area contributed by atoms with Crippen molar-refractivity contribution < 1.29 is 0 Å². The maximum Gasteiger partial charge on any atom is 0.0406 e. The van der Waals surface area contributed by atoms with Gasteiger partial charge in [0.25, 0.3) is 0 Å². The quantitative estimate of drug-likeness (QED) is 0.804. The molecule has 0 radical (unpaired) electrons. The van der Waals surface area contributed by atoms with Gasteiger partial charge in [-0.05, 0) is 42.9 Å². The summed E-state index contributed by atoms with van der Waals surface area (Å²) in [6.07, 6.45) is 4.05. The molecule has 1 N–H and O–H groups in total. The minimum atomic E-state index is 0.709. The second-order valence-electron chi connectivity index (χ2n) is 4.36. The monoisotopic (exact) mass is 223 g/mol. The normalized spacial score (nSPS) is 17.7. The Morgan fingerprint density at radius 1 is 1.33 bits per heavy atom. The lowest BCUT2D eigenvalue weighted by atomic mass is 10.1. The van der Waals surface area contributed by atoms with Crippen molar-refractivity contribution in [1.29, 1.82) is 0 Å². The molecule has 0 amide bonds. The number of hydrogen-bond acceptors (Lipinski definition) is 1. The average Bonchev–Trinajstić information content (AvgIpc) is 3.06. The van der Waals surface area contributed by atoms with Gasteiger partial charge in [0.2, 0.25) is 0 Å². The Balaban J connectivity index is 1.83. The first-order chi connectivity index (χ1) is 7.29. The second-order valence-corrected chi connectivity index (χ2v) is 4.80. The molecule has 0 aromatic heterocycles. The van der Waals surface area contributed by atoms with Crippen molar-refractivity contribution in [2.45, 2.75) is 38.8 Å². The Morgan fingerprint density at radius 2 is 2.00 bits per heavy atom. The fourth-order valence-corrected chi connectivity index (χ4v) is 2.12. The molecule has 2 heteroatoms. The summed E-state index contributed by atoms with van der Waals surface area (Å²) in [5, 5.41) is 4.44. The Labute approximate surface area is 96.8 Å². The van der Waals surface area contributed by atoms with Crippen molar-refractivity contribution in [2.24, 2.45) is 5.92 Å². The lowest BCUT2D eigenvalue weighted by Crippen LogP contribution is -2.29. The minimum absolute atomic E-state index is 0.709. The second kappa shape index (κ2) is 5.00. The van der Waals surface area contributed by atoms with Gasteiger partial charge in [-0.3, -0.25) is 0 Å². The first-order valence-electron chi connectivity index (χ1n) is 5.77. The van der Waals surface area contributed by atoms with E-state index in [1.54, 1.807) is 0 Å². The van der Waals surface area contributed by atoms with Crippen LogP contribution in [0.15, 0.2) is 24.3 Å². The Kier molecular flexibility index (Phi) is 3.66. The molecule has 15 heavy (non-hydrogen) atoms. The number of halogens is 1. The average molecular weight is 224 g/mol. The molecular formula is C13H18ClN. The minimum Gasteiger partial charge on any atom is -0.310 e. The topological polar surface area (TPSA) is 12.0 Å². The highest BCUT2D eigenvalue weighted by molar-refractivity contribution is 6.30. The first-order valence-corrected chi connectivity index (χ1v) is 6.15. The van der Waals surface area contributed by atoms with Gasteiger partial charge in [-0.2, -0.15) is 0 Å². The molecule has 1 nitrogen and oxygen atoms in total. The summed E-state index contributed by atoms with van der Waals surface area (Å²) >= 11 is 5.84. The number of benzene rings is 1. The van der Waals surface area contributed by atoms with Gasteiger partial charge in [0.15, 0.2) is 0 Å². The largest absolute Gasteiger partial charge is 0.310 e. The summed E-state index contributed by atoms with van der Waals surface area (Å²) in [7, 11) is 0. The van der Waals surface area contributed by atoms with Crippen molar-refractivity contribution in [3.05, 3.63) is 34.9 Å². The van der Waals surface area contributed by atoms with Gasteiger partial charge in [-0.15, -0.1) is 0 Å². The standard InChI is InChI=1S/C13H18ClN/c1-2-13(11-5-6-11)15-9-10-3-7-12(14)8-4-10/h3-4,7-8,11,13,15H,2,5-6,9H2,1H3. The predicted octanol–water partition coefficient (Wildman–Crippen LogP) is 3.62. The zero-order valence-corrected chi connectivity index (χ0v) is 9.93. The van der Waals surface area contributed by atoms with Crippen LogP contribution in [-0.2, 0) is 6.54 Å². The molecule has 0 bridgehead atoms. The van der Waals surface area contributed by atoms with E-state index < -0.39 is 0 Å². The van der Waals surface area contributed by atoms with Crippen LogP contribution in [0.4, 0.5) is 0 Å². The molecule has 1 unspecified atom stereocenters. The summed E-state index contributed by atoms with van der Waals surface area (Å²) in [5.41, 5.74) is 1.32. The van der Waals surface area contributed by atoms with E-state index in [1.165, 1.54) is 24.8 Å². The van der Waals surface area contributed by atoms with Crippen LogP contribution in [0.1, 0.15) is 31.7 Å². The van der Waals surface area contributed by atoms with E-state index >= 15 is 0 Å². The number of nitrogens with one attached hydrogen (secondary N) is 1. The lowest BCUT2D eigenvalue weighted by Gasteiger charge is -2.16. The van der Waals surface area contributed by atoms with Gasteiger partial charge in [0.05, 0.1) is 0 Å². The van der Waals surface area contributed by atoms with Crippen LogP contribution in [0.25, 0.3) is 0 Å². The first kappa shape index (κ1) is 11.0. The van der Waals surface area contributed by atoms with Crippen LogP contribution in [0.3, 0.4) is 0 Å². The maximum atomic E-state index is 5.84. The van der Waals surface area contributed by atoms with Crippen LogP contribution in [0.2, 0.25) is 5.02 Å². The fourth-order valence-electron chi connectivity index (χ4n) is 1.99. The molecule has 1 aromatic carbocycles. The Bertz CT molecular complexity index is 303. The molecule has 0 aliphatic heterocycles. The molecule has 1 aromatic rings. The van der Waals surface area contributed by atoms with E-state index in [0.29, 0.717) is 6.04 Å². The molecule has 1 aliphatic rings. The van der Waals surface area contributed by atoms with Gasteiger partial charge in [-0.25, -0.2) is 0 Å². The van der Waals surface area contributed by atoms with Crippen molar-refractivity contribution in [3.8, 4) is 0 Å². The zero-order chi connectivity index (χ0) is 10.7. The van der Waals surface area contributed by atoms with E-state index in [2.05, 4.69) is 24.4 Å². The summed E-state index contributed by atoms with van der Waals surface area (Å²) in [5.74, 6) is 0.933. The smallest absolute Gasteiger partial charge is 0.0406 e. The number of rotatable bonds is 5. The zero-order valence-electron chi connectivity index (χ0n) is 9.17. The van der Waals surface area contributed by atoms with Gasteiger partial charge in [0, 0.05) is 17.6 Å². The summed E-state index contributed by atoms with van der Waals surface area (Å²) in [6.45, 7) is 3.23. The van der Waals surface area contributed by atoms with Crippen LogP contribution < -0.4 is 5.32 Å².